The molecule has 0 spiro atoms. The maximum Gasteiger partial charge on any atom is 0.262 e. The number of rotatable bonds is 5. The van der Waals surface area contributed by atoms with Crippen molar-refractivity contribution in [1.82, 2.24) is 9.91 Å². The van der Waals surface area contributed by atoms with Crippen molar-refractivity contribution in [3.05, 3.63) is 70.5 Å². The van der Waals surface area contributed by atoms with E-state index >= 15 is 0 Å². The Morgan fingerprint density at radius 2 is 1.81 bits per heavy atom. The minimum atomic E-state index is -0.380. The molecule has 1 fully saturated rings. The normalized spacial score (nSPS) is 18.9. The van der Waals surface area contributed by atoms with Crippen molar-refractivity contribution in [2.24, 2.45) is 11.0 Å². The topological polar surface area (TPSA) is 53.0 Å². The molecule has 1 heterocycles. The molecular weight excluding hydrogens is 417 g/mol. The Bertz CT molecular complexity index is 1000. The second-order valence-corrected chi connectivity index (χ2v) is 8.65. The number of nitrogens with zero attached hydrogens (tertiary/aromatic N) is 3. The molecule has 1 aliphatic carbocycles. The summed E-state index contributed by atoms with van der Waals surface area (Å²) in [7, 11) is 1.66. The third-order valence-electron chi connectivity index (χ3n) is 6.06. The zero-order valence-corrected chi connectivity index (χ0v) is 18.2. The average molecular weight is 442 g/mol. The van der Waals surface area contributed by atoms with Gasteiger partial charge in [0.25, 0.3) is 5.91 Å². The quantitative estimate of drug-likeness (QED) is 0.668. The summed E-state index contributed by atoms with van der Waals surface area (Å²) in [4.78, 5) is 27.4. The summed E-state index contributed by atoms with van der Waals surface area (Å²) in [5.74, 6) is -0.661. The van der Waals surface area contributed by atoms with Gasteiger partial charge in [-0.25, -0.2) is 9.40 Å². The minimum absolute atomic E-state index is 0.000849. The Labute approximate surface area is 186 Å². The predicted molar refractivity (Wildman–Crippen MR) is 118 cm³/mol. The number of hydrogen-bond donors (Lipinski definition) is 0. The molecule has 1 saturated carbocycles. The summed E-state index contributed by atoms with van der Waals surface area (Å²) >= 11 is 6.03. The van der Waals surface area contributed by atoms with Crippen molar-refractivity contribution in [1.29, 1.82) is 0 Å². The SMILES string of the molecule is CN(CC(=O)N1N=C(c2ccccc2F)C[C@H]1c1ccc(Cl)cc1)C(=O)C1CCCC1. The first-order valence-electron chi connectivity index (χ1n) is 10.6. The van der Waals surface area contributed by atoms with Crippen molar-refractivity contribution >= 4 is 29.1 Å². The van der Waals surface area contributed by atoms with Crippen LogP contribution < -0.4 is 0 Å². The first-order chi connectivity index (χ1) is 14.9. The molecule has 0 unspecified atom stereocenters. The maximum absolute atomic E-state index is 14.4. The Morgan fingerprint density at radius 3 is 2.48 bits per heavy atom. The molecule has 0 bridgehead atoms. The van der Waals surface area contributed by atoms with Crippen molar-refractivity contribution < 1.29 is 14.0 Å². The first-order valence-corrected chi connectivity index (χ1v) is 11.0. The summed E-state index contributed by atoms with van der Waals surface area (Å²) in [6.45, 7) is -0.0620. The highest BCUT2D eigenvalue weighted by Crippen LogP contribution is 2.34. The summed E-state index contributed by atoms with van der Waals surface area (Å²) in [5.41, 5.74) is 1.75. The van der Waals surface area contributed by atoms with E-state index in [1.54, 1.807) is 37.4 Å². The van der Waals surface area contributed by atoms with E-state index in [2.05, 4.69) is 5.10 Å². The molecule has 2 aromatic rings. The molecule has 7 heteroatoms. The van der Waals surface area contributed by atoms with Gasteiger partial charge in [0.2, 0.25) is 5.91 Å². The van der Waals surface area contributed by atoms with E-state index in [1.807, 2.05) is 12.1 Å². The van der Waals surface area contributed by atoms with Crippen LogP contribution in [0.15, 0.2) is 53.6 Å². The Kier molecular flexibility index (Phi) is 6.37. The Hall–Kier alpha value is -2.73. The van der Waals surface area contributed by atoms with Crippen LogP contribution in [0.5, 0.6) is 0 Å². The fraction of sp³-hybridized carbons (Fsp3) is 0.375. The lowest BCUT2D eigenvalue weighted by Crippen LogP contribution is -2.41. The molecule has 1 atom stereocenters. The smallest absolute Gasteiger partial charge is 0.262 e. The molecule has 1 aliphatic heterocycles. The van der Waals surface area contributed by atoms with Crippen LogP contribution in [0.3, 0.4) is 0 Å². The summed E-state index contributed by atoms with van der Waals surface area (Å²) in [6, 6.07) is 13.3. The number of likely N-dealkylation sites (N-methyl/N-ethyl adjacent to an activating group) is 1. The van der Waals surface area contributed by atoms with E-state index in [0.29, 0.717) is 22.7 Å². The van der Waals surface area contributed by atoms with Gasteiger partial charge in [0.05, 0.1) is 11.8 Å². The van der Waals surface area contributed by atoms with Gasteiger partial charge in [-0.2, -0.15) is 5.10 Å². The molecule has 0 radical (unpaired) electrons. The number of benzene rings is 2. The fourth-order valence-electron chi connectivity index (χ4n) is 4.38. The highest BCUT2D eigenvalue weighted by molar-refractivity contribution is 6.30. The number of carbonyl (C=O) groups is 2. The van der Waals surface area contributed by atoms with E-state index in [1.165, 1.54) is 16.0 Å². The molecule has 0 N–H and O–H groups in total. The number of hydrazone groups is 1. The molecule has 2 aliphatic rings. The highest BCUT2D eigenvalue weighted by Gasteiger charge is 2.35. The monoisotopic (exact) mass is 441 g/mol. The first kappa shape index (κ1) is 21.5. The maximum atomic E-state index is 14.4. The van der Waals surface area contributed by atoms with Crippen LogP contribution in [0.4, 0.5) is 4.39 Å². The van der Waals surface area contributed by atoms with Crippen LogP contribution >= 0.6 is 11.6 Å². The minimum Gasteiger partial charge on any atom is -0.336 e. The summed E-state index contributed by atoms with van der Waals surface area (Å²) in [6.07, 6.45) is 4.25. The fourth-order valence-corrected chi connectivity index (χ4v) is 4.51. The van der Waals surface area contributed by atoms with Crippen molar-refractivity contribution in [3.8, 4) is 0 Å². The Balaban J connectivity index is 1.58. The van der Waals surface area contributed by atoms with E-state index in [4.69, 9.17) is 11.6 Å². The molecule has 2 aromatic carbocycles. The van der Waals surface area contributed by atoms with E-state index in [0.717, 1.165) is 31.2 Å². The molecule has 2 amide bonds. The van der Waals surface area contributed by atoms with Crippen molar-refractivity contribution in [2.75, 3.05) is 13.6 Å². The molecule has 5 nitrogen and oxygen atoms in total. The summed E-state index contributed by atoms with van der Waals surface area (Å²) in [5, 5.41) is 6.49. The molecule has 31 heavy (non-hydrogen) atoms. The zero-order valence-electron chi connectivity index (χ0n) is 17.4. The van der Waals surface area contributed by atoms with Crippen LogP contribution in [-0.4, -0.2) is 41.0 Å². The van der Waals surface area contributed by atoms with Crippen LogP contribution in [-0.2, 0) is 9.59 Å². The number of carbonyl (C=O) groups excluding carboxylic acids is 2. The van der Waals surface area contributed by atoms with Crippen LogP contribution in [0.25, 0.3) is 0 Å². The van der Waals surface area contributed by atoms with Gasteiger partial charge < -0.3 is 4.90 Å². The Morgan fingerprint density at radius 1 is 1.13 bits per heavy atom. The molecule has 0 saturated heterocycles. The number of hydrogen-bond acceptors (Lipinski definition) is 3. The second-order valence-electron chi connectivity index (χ2n) is 8.21. The highest BCUT2D eigenvalue weighted by atomic mass is 35.5. The van der Waals surface area contributed by atoms with Gasteiger partial charge in [-0.3, -0.25) is 9.59 Å². The number of halogens is 2. The molecule has 162 valence electrons. The van der Waals surface area contributed by atoms with Gasteiger partial charge in [0.1, 0.15) is 12.4 Å². The second kappa shape index (κ2) is 9.18. The molecular formula is C24H25ClFN3O2. The third kappa shape index (κ3) is 4.64. The van der Waals surface area contributed by atoms with Crippen molar-refractivity contribution in [3.63, 3.8) is 0 Å². The molecule has 0 aromatic heterocycles. The van der Waals surface area contributed by atoms with Crippen LogP contribution in [0, 0.1) is 11.7 Å². The lowest BCUT2D eigenvalue weighted by Gasteiger charge is -2.26. The number of amides is 2. The van der Waals surface area contributed by atoms with Crippen molar-refractivity contribution in [2.45, 2.75) is 38.1 Å². The molecule has 4 rings (SSSR count). The van der Waals surface area contributed by atoms with E-state index in [9.17, 15) is 14.0 Å². The predicted octanol–water partition coefficient (Wildman–Crippen LogP) is 4.81. The lowest BCUT2D eigenvalue weighted by molar-refractivity contribution is -0.142. The van der Waals surface area contributed by atoms with Gasteiger partial charge in [-0.05, 0) is 36.6 Å². The van der Waals surface area contributed by atoms with Crippen LogP contribution in [0.1, 0.15) is 49.3 Å². The lowest BCUT2D eigenvalue weighted by atomic mass is 9.98. The van der Waals surface area contributed by atoms with Crippen LogP contribution in [0.2, 0.25) is 5.02 Å². The van der Waals surface area contributed by atoms with Gasteiger partial charge in [-0.1, -0.05) is 54.8 Å². The average Bonchev–Trinajstić information content (AvgIpc) is 3.44. The standard InChI is InChI=1S/C24H25ClFN3O2/c1-28(24(31)17-6-2-3-7-17)15-23(30)29-22(16-10-12-18(25)13-11-16)14-21(27-29)19-8-4-5-9-20(19)26/h4-5,8-13,17,22H,2-3,6-7,14-15H2,1H3/t22-/m0/s1. The van der Waals surface area contributed by atoms with Gasteiger partial charge in [-0.15, -0.1) is 0 Å². The van der Waals surface area contributed by atoms with Gasteiger partial charge in [0, 0.05) is 30.0 Å². The zero-order chi connectivity index (χ0) is 22.0. The van der Waals surface area contributed by atoms with Gasteiger partial charge >= 0.3 is 0 Å². The van der Waals surface area contributed by atoms with Gasteiger partial charge in [0.15, 0.2) is 0 Å². The summed E-state index contributed by atoms with van der Waals surface area (Å²) < 4.78 is 14.4. The van der Waals surface area contributed by atoms with E-state index in [-0.39, 0.29) is 36.1 Å². The van der Waals surface area contributed by atoms with E-state index < -0.39 is 0 Å². The third-order valence-corrected chi connectivity index (χ3v) is 6.31. The largest absolute Gasteiger partial charge is 0.336 e.